The third kappa shape index (κ3) is 3.20. The maximum absolute atomic E-state index is 4.27. The lowest BCUT2D eigenvalue weighted by Crippen LogP contribution is -2.05. The Kier molecular flexibility index (Phi) is 4.84. The highest BCUT2D eigenvalue weighted by atomic mass is 32.2. The monoisotopic (exact) mass is 335 g/mol. The molecular formula is C13H17N7S2. The van der Waals surface area contributed by atoms with Crippen molar-refractivity contribution >= 4 is 23.1 Å². The molecule has 0 aromatic carbocycles. The summed E-state index contributed by atoms with van der Waals surface area (Å²) in [5.74, 6) is 2.45. The molecule has 0 aliphatic carbocycles. The van der Waals surface area contributed by atoms with Crippen molar-refractivity contribution in [2.45, 2.75) is 37.2 Å². The second-order valence-corrected chi connectivity index (χ2v) is 6.69. The zero-order chi connectivity index (χ0) is 15.4. The highest BCUT2D eigenvalue weighted by Gasteiger charge is 2.14. The Hall–Kier alpha value is -1.74. The molecule has 0 N–H and O–H groups in total. The number of rotatable bonds is 7. The molecule has 3 heterocycles. The summed E-state index contributed by atoms with van der Waals surface area (Å²) in [4.78, 5) is 1.12. The third-order valence-corrected chi connectivity index (χ3v) is 5.12. The van der Waals surface area contributed by atoms with Crippen LogP contribution in [0.15, 0.2) is 22.7 Å². The molecule has 3 aromatic rings. The van der Waals surface area contributed by atoms with Crippen LogP contribution in [0.2, 0.25) is 0 Å². The molecule has 7 nitrogen and oxygen atoms in total. The van der Waals surface area contributed by atoms with Crippen LogP contribution in [0.25, 0.3) is 10.7 Å². The minimum Gasteiger partial charge on any atom is -0.304 e. The largest absolute Gasteiger partial charge is 0.304 e. The number of hydrogen-bond acceptors (Lipinski definition) is 7. The molecule has 0 aliphatic rings. The molecule has 9 heteroatoms. The van der Waals surface area contributed by atoms with Crippen LogP contribution >= 0.6 is 23.1 Å². The molecule has 0 unspecified atom stereocenters. The molecule has 0 radical (unpaired) electrons. The van der Waals surface area contributed by atoms with E-state index in [1.165, 1.54) is 0 Å². The molecule has 0 amide bonds. The van der Waals surface area contributed by atoms with Gasteiger partial charge in [-0.05, 0) is 28.3 Å². The van der Waals surface area contributed by atoms with Crippen molar-refractivity contribution in [3.8, 4) is 10.7 Å². The summed E-state index contributed by atoms with van der Waals surface area (Å²) in [6, 6.07) is 4.07. The number of unbranched alkanes of at least 4 members (excludes halogenated alkanes) is 1. The molecule has 0 bridgehead atoms. The number of tetrazole rings is 1. The Morgan fingerprint density at radius 3 is 2.95 bits per heavy atom. The van der Waals surface area contributed by atoms with Crippen LogP contribution in [0.4, 0.5) is 0 Å². The Morgan fingerprint density at radius 2 is 2.18 bits per heavy atom. The zero-order valence-electron chi connectivity index (χ0n) is 12.5. The topological polar surface area (TPSA) is 74.3 Å². The number of aryl methyl sites for hydroxylation is 1. The van der Waals surface area contributed by atoms with E-state index in [1.807, 2.05) is 27.7 Å². The first-order valence-electron chi connectivity index (χ1n) is 7.10. The Labute approximate surface area is 136 Å². The summed E-state index contributed by atoms with van der Waals surface area (Å²) < 4.78 is 3.88. The van der Waals surface area contributed by atoms with E-state index in [1.54, 1.807) is 23.1 Å². The van der Waals surface area contributed by atoms with E-state index in [2.05, 4.69) is 38.7 Å². The van der Waals surface area contributed by atoms with Crippen molar-refractivity contribution in [3.63, 3.8) is 0 Å². The van der Waals surface area contributed by atoms with Gasteiger partial charge in [0.15, 0.2) is 16.8 Å². The minimum absolute atomic E-state index is 0.688. The first-order valence-corrected chi connectivity index (χ1v) is 8.97. The van der Waals surface area contributed by atoms with Crippen molar-refractivity contribution in [1.82, 2.24) is 35.0 Å². The van der Waals surface area contributed by atoms with Gasteiger partial charge in [-0.3, -0.25) is 0 Å². The summed E-state index contributed by atoms with van der Waals surface area (Å²) in [6.07, 6.45) is 2.20. The van der Waals surface area contributed by atoms with Gasteiger partial charge in [0.2, 0.25) is 0 Å². The fourth-order valence-electron chi connectivity index (χ4n) is 2.00. The van der Waals surface area contributed by atoms with E-state index in [4.69, 9.17) is 0 Å². The van der Waals surface area contributed by atoms with Gasteiger partial charge < -0.3 is 4.57 Å². The van der Waals surface area contributed by atoms with Crippen LogP contribution in [0.3, 0.4) is 0 Å². The smallest absolute Gasteiger partial charge is 0.191 e. The molecule has 22 heavy (non-hydrogen) atoms. The van der Waals surface area contributed by atoms with Gasteiger partial charge in [0.25, 0.3) is 0 Å². The molecule has 0 spiro atoms. The van der Waals surface area contributed by atoms with Crippen molar-refractivity contribution in [2.24, 2.45) is 7.05 Å². The molecule has 0 fully saturated rings. The number of hydrogen-bond donors (Lipinski definition) is 0. The Morgan fingerprint density at radius 1 is 1.27 bits per heavy atom. The van der Waals surface area contributed by atoms with Crippen molar-refractivity contribution < 1.29 is 0 Å². The molecule has 0 saturated heterocycles. The van der Waals surface area contributed by atoms with E-state index in [0.717, 1.165) is 41.1 Å². The molecule has 116 valence electrons. The lowest BCUT2D eigenvalue weighted by atomic mass is 10.3. The Balaban J connectivity index is 1.69. The quantitative estimate of drug-likeness (QED) is 0.618. The van der Waals surface area contributed by atoms with Crippen LogP contribution < -0.4 is 0 Å². The van der Waals surface area contributed by atoms with E-state index < -0.39 is 0 Å². The van der Waals surface area contributed by atoms with Crippen LogP contribution in [-0.4, -0.2) is 35.0 Å². The molecule has 3 aromatic heterocycles. The van der Waals surface area contributed by atoms with Gasteiger partial charge in [0, 0.05) is 13.6 Å². The van der Waals surface area contributed by atoms with Gasteiger partial charge >= 0.3 is 0 Å². The first-order chi connectivity index (χ1) is 10.8. The predicted molar refractivity (Wildman–Crippen MR) is 86.6 cm³/mol. The molecule has 3 rings (SSSR count). The SMILES string of the molecule is CCCCn1nnnc1CSc1nnc(-c2cccs2)n1C. The number of nitrogens with zero attached hydrogens (tertiary/aromatic N) is 7. The third-order valence-electron chi connectivity index (χ3n) is 3.24. The van der Waals surface area contributed by atoms with Crippen molar-refractivity contribution in [2.75, 3.05) is 0 Å². The average molecular weight is 335 g/mol. The molecular weight excluding hydrogens is 318 g/mol. The second-order valence-electron chi connectivity index (χ2n) is 4.80. The van der Waals surface area contributed by atoms with Gasteiger partial charge in [-0.2, -0.15) is 0 Å². The van der Waals surface area contributed by atoms with Gasteiger partial charge in [-0.15, -0.1) is 26.6 Å². The molecule has 0 aliphatic heterocycles. The summed E-state index contributed by atoms with van der Waals surface area (Å²) in [6.45, 7) is 3.02. The number of aromatic nitrogens is 7. The summed E-state index contributed by atoms with van der Waals surface area (Å²) in [5, 5.41) is 23.3. The normalized spacial score (nSPS) is 11.2. The maximum Gasteiger partial charge on any atom is 0.191 e. The zero-order valence-corrected chi connectivity index (χ0v) is 14.1. The standard InChI is InChI=1S/C13H17N7S2/c1-3-4-7-20-11(14-17-18-20)9-22-13-16-15-12(19(13)2)10-6-5-8-21-10/h5-6,8H,3-4,7,9H2,1-2H3. The van der Waals surface area contributed by atoms with Gasteiger partial charge in [-0.25, -0.2) is 4.68 Å². The van der Waals surface area contributed by atoms with E-state index in [0.29, 0.717) is 5.75 Å². The summed E-state index contributed by atoms with van der Waals surface area (Å²) in [7, 11) is 1.98. The summed E-state index contributed by atoms with van der Waals surface area (Å²) in [5.41, 5.74) is 0. The van der Waals surface area contributed by atoms with Crippen LogP contribution in [0, 0.1) is 0 Å². The number of thioether (sulfide) groups is 1. The molecule has 0 atom stereocenters. The maximum atomic E-state index is 4.27. The average Bonchev–Trinajstić information content (AvgIpc) is 3.24. The molecule has 0 saturated carbocycles. The highest BCUT2D eigenvalue weighted by molar-refractivity contribution is 7.98. The van der Waals surface area contributed by atoms with E-state index in [-0.39, 0.29) is 0 Å². The fourth-order valence-corrected chi connectivity index (χ4v) is 3.59. The highest BCUT2D eigenvalue weighted by Crippen LogP contribution is 2.27. The van der Waals surface area contributed by atoms with Crippen LogP contribution in [-0.2, 0) is 19.3 Å². The number of thiophene rings is 1. The Bertz CT molecular complexity index is 717. The fraction of sp³-hybridized carbons (Fsp3) is 0.462. The van der Waals surface area contributed by atoms with E-state index >= 15 is 0 Å². The van der Waals surface area contributed by atoms with Gasteiger partial charge in [0.1, 0.15) is 0 Å². The first kappa shape index (κ1) is 15.2. The van der Waals surface area contributed by atoms with Gasteiger partial charge in [-0.1, -0.05) is 31.2 Å². The lowest BCUT2D eigenvalue weighted by Gasteiger charge is -2.04. The van der Waals surface area contributed by atoms with Crippen molar-refractivity contribution in [3.05, 3.63) is 23.3 Å². The predicted octanol–water partition coefficient (Wildman–Crippen LogP) is 2.62. The van der Waals surface area contributed by atoms with Gasteiger partial charge in [0.05, 0.1) is 10.6 Å². The minimum atomic E-state index is 0.688. The van der Waals surface area contributed by atoms with Crippen molar-refractivity contribution in [1.29, 1.82) is 0 Å². The lowest BCUT2D eigenvalue weighted by molar-refractivity contribution is 0.540. The van der Waals surface area contributed by atoms with Crippen LogP contribution in [0.1, 0.15) is 25.6 Å². The second kappa shape index (κ2) is 7.01. The van der Waals surface area contributed by atoms with Crippen LogP contribution in [0.5, 0.6) is 0 Å². The summed E-state index contributed by atoms with van der Waals surface area (Å²) >= 11 is 3.26. The van der Waals surface area contributed by atoms with E-state index in [9.17, 15) is 0 Å².